The smallest absolute Gasteiger partial charge is 0.300 e. The Labute approximate surface area is 195 Å². The van der Waals surface area contributed by atoms with Gasteiger partial charge in [-0.3, -0.25) is 19.5 Å². The van der Waals surface area contributed by atoms with Gasteiger partial charge in [0, 0.05) is 18.0 Å². The highest BCUT2D eigenvalue weighted by molar-refractivity contribution is 6.51. The first kappa shape index (κ1) is 22.4. The zero-order valence-corrected chi connectivity index (χ0v) is 19.0. The number of amides is 1. The highest BCUT2D eigenvalue weighted by atomic mass is 35.5. The highest BCUT2D eigenvalue weighted by Crippen LogP contribution is 2.44. The molecule has 0 aliphatic carbocycles. The second kappa shape index (κ2) is 8.96. The zero-order chi connectivity index (χ0) is 23.7. The summed E-state index contributed by atoms with van der Waals surface area (Å²) in [7, 11) is 2.93. The molecule has 168 valence electrons. The Morgan fingerprint density at radius 1 is 1.06 bits per heavy atom. The third-order valence-corrected chi connectivity index (χ3v) is 5.67. The minimum absolute atomic E-state index is 0.110. The number of methoxy groups -OCH3 is 2. The summed E-state index contributed by atoms with van der Waals surface area (Å²) >= 11 is 6.31. The molecule has 0 spiro atoms. The highest BCUT2D eigenvalue weighted by Gasteiger charge is 2.48. The average molecular weight is 465 g/mol. The molecule has 1 N–H and O–H groups in total. The maximum absolute atomic E-state index is 13.3. The molecule has 1 unspecified atom stereocenters. The van der Waals surface area contributed by atoms with Crippen LogP contribution in [-0.2, 0) is 9.59 Å². The Hall–Kier alpha value is -3.84. The van der Waals surface area contributed by atoms with Crippen molar-refractivity contribution in [3.8, 4) is 11.5 Å². The van der Waals surface area contributed by atoms with Crippen molar-refractivity contribution in [2.45, 2.75) is 13.0 Å². The first-order valence-electron chi connectivity index (χ1n) is 10.1. The molecule has 2 aromatic carbocycles. The van der Waals surface area contributed by atoms with E-state index in [-0.39, 0.29) is 21.9 Å². The number of anilines is 1. The van der Waals surface area contributed by atoms with Gasteiger partial charge in [-0.25, -0.2) is 0 Å². The van der Waals surface area contributed by atoms with Gasteiger partial charge in [-0.2, -0.15) is 0 Å². The van der Waals surface area contributed by atoms with Crippen LogP contribution >= 0.6 is 11.6 Å². The lowest BCUT2D eigenvalue weighted by molar-refractivity contribution is -0.132. The Kier molecular flexibility index (Phi) is 6.07. The van der Waals surface area contributed by atoms with Crippen molar-refractivity contribution in [3.63, 3.8) is 0 Å². The summed E-state index contributed by atoms with van der Waals surface area (Å²) in [5, 5.41) is 11.6. The van der Waals surface area contributed by atoms with Gasteiger partial charge in [-0.15, -0.1) is 0 Å². The molecule has 0 bridgehead atoms. The molecule has 1 fully saturated rings. The first-order chi connectivity index (χ1) is 15.9. The molecule has 1 aliphatic heterocycles. The van der Waals surface area contributed by atoms with Gasteiger partial charge >= 0.3 is 0 Å². The Morgan fingerprint density at radius 3 is 2.52 bits per heavy atom. The van der Waals surface area contributed by atoms with E-state index >= 15 is 0 Å². The molecule has 1 saturated heterocycles. The van der Waals surface area contributed by atoms with Crippen LogP contribution in [-0.4, -0.2) is 36.0 Å². The van der Waals surface area contributed by atoms with Crippen molar-refractivity contribution >= 4 is 34.7 Å². The van der Waals surface area contributed by atoms with E-state index < -0.39 is 23.5 Å². The number of rotatable bonds is 5. The van der Waals surface area contributed by atoms with Crippen molar-refractivity contribution in [1.82, 2.24) is 4.98 Å². The van der Waals surface area contributed by atoms with Crippen LogP contribution in [0.4, 0.5) is 5.69 Å². The number of Topliss-reactive ketones (excluding diaryl/α,β-unsaturated/α-hetero) is 1. The summed E-state index contributed by atoms with van der Waals surface area (Å²) in [5.41, 5.74) is 1.70. The lowest BCUT2D eigenvalue weighted by atomic mass is 9.97. The SMILES string of the molecule is COc1cccc(N2C(=O)C(=O)/C(=C(/O)c3cc(C)cc(Cl)c3OC)C2c2ccccn2)c1. The van der Waals surface area contributed by atoms with Crippen LogP contribution in [0.3, 0.4) is 0 Å². The van der Waals surface area contributed by atoms with Gasteiger partial charge in [0.25, 0.3) is 11.7 Å². The number of pyridine rings is 1. The van der Waals surface area contributed by atoms with Gasteiger partial charge in [-0.1, -0.05) is 23.7 Å². The molecule has 33 heavy (non-hydrogen) atoms. The predicted molar refractivity (Wildman–Crippen MR) is 125 cm³/mol. The van der Waals surface area contributed by atoms with Crippen molar-refractivity contribution in [3.05, 3.63) is 88.2 Å². The van der Waals surface area contributed by atoms with E-state index in [1.165, 1.54) is 19.1 Å². The lowest BCUT2D eigenvalue weighted by Crippen LogP contribution is -2.29. The van der Waals surface area contributed by atoms with Crippen LogP contribution in [0.2, 0.25) is 5.02 Å². The molecular formula is C25H21ClN2O5. The number of hydrogen-bond acceptors (Lipinski definition) is 6. The van der Waals surface area contributed by atoms with Crippen LogP contribution in [0.25, 0.3) is 5.76 Å². The maximum Gasteiger partial charge on any atom is 0.300 e. The summed E-state index contributed by atoms with van der Waals surface area (Å²) in [6.07, 6.45) is 1.56. The molecule has 8 heteroatoms. The quantitative estimate of drug-likeness (QED) is 0.335. The van der Waals surface area contributed by atoms with E-state index in [1.807, 2.05) is 0 Å². The van der Waals surface area contributed by atoms with Gasteiger partial charge in [-0.05, 0) is 48.9 Å². The van der Waals surface area contributed by atoms with Gasteiger partial charge in [0.2, 0.25) is 0 Å². The molecule has 7 nitrogen and oxygen atoms in total. The number of ketones is 1. The summed E-state index contributed by atoms with van der Waals surface area (Å²) < 4.78 is 10.7. The summed E-state index contributed by atoms with van der Waals surface area (Å²) in [4.78, 5) is 32.2. The number of carbonyl (C=O) groups excluding carboxylic acids is 2. The summed E-state index contributed by atoms with van der Waals surface area (Å²) in [6, 6.07) is 14.3. The number of halogens is 1. The second-order valence-corrected chi connectivity index (χ2v) is 7.86. The van der Waals surface area contributed by atoms with E-state index in [0.717, 1.165) is 5.56 Å². The fraction of sp³-hybridized carbons (Fsp3) is 0.160. The fourth-order valence-corrected chi connectivity index (χ4v) is 4.29. The molecule has 1 atom stereocenters. The molecule has 3 aromatic rings. The number of ether oxygens (including phenoxy) is 2. The van der Waals surface area contributed by atoms with Gasteiger partial charge < -0.3 is 14.6 Å². The number of aryl methyl sites for hydroxylation is 1. The molecular weight excluding hydrogens is 444 g/mol. The molecule has 2 heterocycles. The lowest BCUT2D eigenvalue weighted by Gasteiger charge is -2.25. The predicted octanol–water partition coefficient (Wildman–Crippen LogP) is 4.69. The standard InChI is InChI=1S/C25H21ClN2O5/c1-14-11-17(24(33-3)18(26)12-14)22(29)20-21(19-9-4-5-10-27-19)28(25(31)23(20)30)15-7-6-8-16(13-15)32-2/h4-13,21,29H,1-3H3/b22-20+. The maximum atomic E-state index is 13.3. The van der Waals surface area contributed by atoms with E-state index in [4.69, 9.17) is 21.1 Å². The third kappa shape index (κ3) is 3.91. The Bertz CT molecular complexity index is 1270. The minimum Gasteiger partial charge on any atom is -0.507 e. The largest absolute Gasteiger partial charge is 0.507 e. The van der Waals surface area contributed by atoms with Crippen LogP contribution in [0, 0.1) is 6.92 Å². The Balaban J connectivity index is 2.00. The summed E-state index contributed by atoms with van der Waals surface area (Å²) in [5.74, 6) is -1.31. The van der Waals surface area contributed by atoms with E-state index in [1.54, 1.807) is 67.7 Å². The first-order valence-corrected chi connectivity index (χ1v) is 10.5. The number of benzene rings is 2. The normalized spacial score (nSPS) is 17.3. The van der Waals surface area contributed by atoms with Crippen LogP contribution in [0.15, 0.2) is 66.4 Å². The number of aliphatic hydroxyl groups excluding tert-OH is 1. The number of aliphatic hydroxyl groups is 1. The van der Waals surface area contributed by atoms with Gasteiger partial charge in [0.1, 0.15) is 23.3 Å². The second-order valence-electron chi connectivity index (χ2n) is 7.45. The monoisotopic (exact) mass is 464 g/mol. The van der Waals surface area contributed by atoms with E-state index in [9.17, 15) is 14.7 Å². The van der Waals surface area contributed by atoms with Crippen LogP contribution < -0.4 is 14.4 Å². The summed E-state index contributed by atoms with van der Waals surface area (Å²) in [6.45, 7) is 1.80. The molecule has 0 saturated carbocycles. The number of aromatic nitrogens is 1. The van der Waals surface area contributed by atoms with Gasteiger partial charge in [0.05, 0.1) is 36.1 Å². The van der Waals surface area contributed by atoms with Crippen molar-refractivity contribution < 1.29 is 24.2 Å². The van der Waals surface area contributed by atoms with Crippen LogP contribution in [0.5, 0.6) is 11.5 Å². The van der Waals surface area contributed by atoms with E-state index in [0.29, 0.717) is 17.1 Å². The minimum atomic E-state index is -0.970. The third-order valence-electron chi connectivity index (χ3n) is 5.39. The zero-order valence-electron chi connectivity index (χ0n) is 18.2. The number of nitrogens with zero attached hydrogens (tertiary/aromatic N) is 2. The molecule has 1 aliphatic rings. The topological polar surface area (TPSA) is 89.0 Å². The average Bonchev–Trinajstić information content (AvgIpc) is 3.09. The van der Waals surface area contributed by atoms with Gasteiger partial charge in [0.15, 0.2) is 0 Å². The van der Waals surface area contributed by atoms with Crippen molar-refractivity contribution in [1.29, 1.82) is 0 Å². The molecule has 0 radical (unpaired) electrons. The molecule has 1 aromatic heterocycles. The Morgan fingerprint density at radius 2 is 1.85 bits per heavy atom. The van der Waals surface area contributed by atoms with Crippen molar-refractivity contribution in [2.75, 3.05) is 19.1 Å². The van der Waals surface area contributed by atoms with Crippen molar-refractivity contribution in [2.24, 2.45) is 0 Å². The number of carbonyl (C=O) groups is 2. The van der Waals surface area contributed by atoms with E-state index in [2.05, 4.69) is 4.98 Å². The molecule has 1 amide bonds. The molecule has 4 rings (SSSR count). The van der Waals surface area contributed by atoms with Crippen LogP contribution in [0.1, 0.15) is 22.9 Å². The number of hydrogen-bond donors (Lipinski definition) is 1. The fourth-order valence-electron chi connectivity index (χ4n) is 3.93.